The van der Waals surface area contributed by atoms with Gasteiger partial charge in [-0.25, -0.2) is 9.13 Å². The number of unbranched alkanes of at least 4 members (excludes halogenated alkanes) is 34. The number of allylic oxidation sites excluding steroid dienone is 28. The largest absolute Gasteiger partial charge is 0.472 e. The van der Waals surface area contributed by atoms with Crippen LogP contribution in [0.2, 0.25) is 0 Å². The number of phosphoric ester groups is 2. The number of aliphatic hydroxyl groups excluding tert-OH is 2. The predicted molar refractivity (Wildman–Crippen MR) is 482 cm³/mol. The summed E-state index contributed by atoms with van der Waals surface area (Å²) in [5.41, 5.74) is 0. The van der Waals surface area contributed by atoms with Crippen LogP contribution in [-0.4, -0.2) is 95.9 Å². The molecule has 0 aliphatic rings. The number of phosphoric acid groups is 2. The number of hydrogen-bond donors (Lipinski definition) is 4. The van der Waals surface area contributed by atoms with Gasteiger partial charge >= 0.3 is 33.6 Å². The summed E-state index contributed by atoms with van der Waals surface area (Å²) >= 11 is 0. The van der Waals surface area contributed by atoms with Gasteiger partial charge in [0, 0.05) is 19.3 Å². The number of carbonyl (C=O) groups is 3. The van der Waals surface area contributed by atoms with Crippen molar-refractivity contribution < 1.29 is 75.8 Å². The first-order valence-electron chi connectivity index (χ1n) is 45.4. The normalized spacial score (nSPS) is 14.6. The van der Waals surface area contributed by atoms with Gasteiger partial charge in [-0.3, -0.25) is 32.5 Å². The second kappa shape index (κ2) is 88.2. The van der Waals surface area contributed by atoms with Gasteiger partial charge in [-0.2, -0.15) is 0 Å². The van der Waals surface area contributed by atoms with E-state index in [0.29, 0.717) is 19.3 Å². The molecule has 0 bridgehead atoms. The molecule has 0 amide bonds. The van der Waals surface area contributed by atoms with Gasteiger partial charge in [0.2, 0.25) is 0 Å². The van der Waals surface area contributed by atoms with E-state index < -0.39 is 91.5 Å². The number of aliphatic hydroxyl groups is 2. The predicted octanol–water partition coefficient (Wildman–Crippen LogP) is 27.9. The van der Waals surface area contributed by atoms with Crippen LogP contribution in [0.25, 0.3) is 0 Å². The van der Waals surface area contributed by atoms with E-state index >= 15 is 0 Å². The Kier molecular flexibility index (Phi) is 84.3. The molecule has 5 atom stereocenters. The van der Waals surface area contributed by atoms with Crippen molar-refractivity contribution in [3.63, 3.8) is 0 Å². The molecular formula is C97H164O16P2. The molecule has 0 aromatic rings. The van der Waals surface area contributed by atoms with E-state index in [1.807, 2.05) is 0 Å². The number of ether oxygens (including phenoxy) is 3. The summed E-state index contributed by atoms with van der Waals surface area (Å²) in [5, 5.41) is 20.7. The van der Waals surface area contributed by atoms with Crippen molar-refractivity contribution in [2.24, 2.45) is 0 Å². The highest BCUT2D eigenvalue weighted by molar-refractivity contribution is 7.47. The fourth-order valence-corrected chi connectivity index (χ4v) is 13.7. The van der Waals surface area contributed by atoms with Crippen molar-refractivity contribution in [1.29, 1.82) is 0 Å². The lowest BCUT2D eigenvalue weighted by Gasteiger charge is -2.21. The zero-order chi connectivity index (χ0) is 83.6. The molecule has 115 heavy (non-hydrogen) atoms. The highest BCUT2D eigenvalue weighted by Gasteiger charge is 2.29. The van der Waals surface area contributed by atoms with Crippen LogP contribution in [-0.2, 0) is 55.8 Å². The molecule has 0 radical (unpaired) electrons. The van der Waals surface area contributed by atoms with E-state index in [1.54, 1.807) is 0 Å². The molecule has 0 aliphatic carbocycles. The Morgan fingerprint density at radius 2 is 0.461 bits per heavy atom. The molecular weight excluding hydrogens is 1480 g/mol. The lowest BCUT2D eigenvalue weighted by molar-refractivity contribution is -0.161. The maximum atomic E-state index is 13.0. The van der Waals surface area contributed by atoms with Crippen molar-refractivity contribution in [2.45, 2.75) is 386 Å². The maximum Gasteiger partial charge on any atom is 0.472 e. The van der Waals surface area contributed by atoms with Gasteiger partial charge < -0.3 is 34.2 Å². The fourth-order valence-electron chi connectivity index (χ4n) is 12.1. The number of esters is 3. The second-order valence-electron chi connectivity index (χ2n) is 30.0. The van der Waals surface area contributed by atoms with Crippen LogP contribution in [0.5, 0.6) is 0 Å². The Labute approximate surface area is 701 Å². The lowest BCUT2D eigenvalue weighted by Crippen LogP contribution is -2.30. The maximum absolute atomic E-state index is 13.0. The molecule has 16 nitrogen and oxygen atoms in total. The van der Waals surface area contributed by atoms with Crippen molar-refractivity contribution >= 4 is 33.6 Å². The van der Waals surface area contributed by atoms with Crippen LogP contribution in [0.1, 0.15) is 367 Å². The monoisotopic (exact) mass is 1650 g/mol. The second-order valence-corrected chi connectivity index (χ2v) is 32.9. The summed E-state index contributed by atoms with van der Waals surface area (Å²) < 4.78 is 61.3. The molecule has 0 rings (SSSR count). The summed E-state index contributed by atoms with van der Waals surface area (Å²) in [5.74, 6) is -1.59. The van der Waals surface area contributed by atoms with Crippen LogP contribution in [0.4, 0.5) is 0 Å². The van der Waals surface area contributed by atoms with Crippen LogP contribution in [0, 0.1) is 0 Å². The van der Waals surface area contributed by atoms with Crippen LogP contribution < -0.4 is 0 Å². The molecule has 0 aromatic heterocycles. The van der Waals surface area contributed by atoms with E-state index in [2.05, 4.69) is 191 Å². The van der Waals surface area contributed by atoms with Gasteiger partial charge in [0.25, 0.3) is 0 Å². The minimum absolute atomic E-state index is 0.0860. The van der Waals surface area contributed by atoms with E-state index in [9.17, 15) is 43.5 Å². The van der Waals surface area contributed by atoms with Gasteiger partial charge in [-0.1, -0.05) is 371 Å². The van der Waals surface area contributed by atoms with Crippen molar-refractivity contribution in [3.05, 3.63) is 170 Å². The smallest absolute Gasteiger partial charge is 0.463 e. The Hall–Kier alpha value is -5.09. The van der Waals surface area contributed by atoms with Crippen molar-refractivity contribution in [1.82, 2.24) is 0 Å². The van der Waals surface area contributed by atoms with Gasteiger partial charge in [-0.05, 0) is 148 Å². The SMILES string of the molecule is CC/C=C\C/C=C\C/C=C\C/C=C\C/C=C\C/C=C\CCCCCCCCCCCCCCCCC(=O)OCC(O)COP(=O)(O)OCC(O)COP(=O)(O)OCC(COC(=O)CCCCCCCCCCCCCCCC/C=C\C/C=C\C/C=C\C/C=C\C/C=C\C/C=C\CC)OC(=O)CCCCCCC/C=C\C/C=C\CCC. The van der Waals surface area contributed by atoms with E-state index in [-0.39, 0.29) is 19.3 Å². The quantitative estimate of drug-likeness (QED) is 0.0146. The molecule has 0 fully saturated rings. The Bertz CT molecular complexity index is 2770. The van der Waals surface area contributed by atoms with Crippen molar-refractivity contribution in [3.8, 4) is 0 Å². The molecule has 0 heterocycles. The Balaban J connectivity index is 4.42. The van der Waals surface area contributed by atoms with Gasteiger partial charge in [0.05, 0.1) is 26.4 Å². The average molecular weight is 1650 g/mol. The first-order valence-corrected chi connectivity index (χ1v) is 48.4. The fraction of sp³-hybridized carbons (Fsp3) is 0.680. The molecule has 0 aromatic carbocycles. The third kappa shape index (κ3) is 89.5. The zero-order valence-electron chi connectivity index (χ0n) is 72.4. The third-order valence-corrected chi connectivity index (χ3v) is 20.8. The average Bonchev–Trinajstić information content (AvgIpc) is 0.901. The number of hydrogen-bond acceptors (Lipinski definition) is 14. The van der Waals surface area contributed by atoms with Gasteiger partial charge in [-0.15, -0.1) is 0 Å². The molecule has 658 valence electrons. The topological polar surface area (TPSA) is 231 Å². The molecule has 5 unspecified atom stereocenters. The van der Waals surface area contributed by atoms with Crippen LogP contribution in [0.3, 0.4) is 0 Å². The van der Waals surface area contributed by atoms with E-state index in [1.165, 1.54) is 122 Å². The summed E-state index contributed by atoms with van der Waals surface area (Å²) in [6, 6.07) is 0. The summed E-state index contributed by atoms with van der Waals surface area (Å²) in [6.07, 6.45) is 114. The van der Waals surface area contributed by atoms with Crippen LogP contribution in [0.15, 0.2) is 170 Å². The number of carbonyl (C=O) groups excluding carboxylic acids is 3. The summed E-state index contributed by atoms with van der Waals surface area (Å²) in [6.45, 7) is 2.40. The molecule has 4 N–H and O–H groups in total. The zero-order valence-corrected chi connectivity index (χ0v) is 74.2. The number of rotatable bonds is 85. The van der Waals surface area contributed by atoms with E-state index in [0.717, 1.165) is 186 Å². The minimum atomic E-state index is -4.94. The van der Waals surface area contributed by atoms with Crippen molar-refractivity contribution in [2.75, 3.05) is 39.6 Å². The summed E-state index contributed by atoms with van der Waals surface area (Å²) in [7, 11) is -9.80. The Morgan fingerprint density at radius 3 is 0.730 bits per heavy atom. The summed E-state index contributed by atoms with van der Waals surface area (Å²) in [4.78, 5) is 58.8. The third-order valence-electron chi connectivity index (χ3n) is 18.9. The highest BCUT2D eigenvalue weighted by atomic mass is 31.2. The molecule has 0 saturated heterocycles. The highest BCUT2D eigenvalue weighted by Crippen LogP contribution is 2.45. The van der Waals surface area contributed by atoms with Crippen LogP contribution >= 0.6 is 15.6 Å². The molecule has 0 aliphatic heterocycles. The first-order chi connectivity index (χ1) is 56.2. The van der Waals surface area contributed by atoms with Gasteiger partial charge in [0.1, 0.15) is 25.4 Å². The molecule has 18 heteroatoms. The molecule has 0 spiro atoms. The minimum Gasteiger partial charge on any atom is -0.463 e. The lowest BCUT2D eigenvalue weighted by atomic mass is 10.0. The van der Waals surface area contributed by atoms with Gasteiger partial charge in [0.15, 0.2) is 6.10 Å². The Morgan fingerprint density at radius 1 is 0.252 bits per heavy atom. The van der Waals surface area contributed by atoms with E-state index in [4.69, 9.17) is 32.3 Å². The standard InChI is InChI=1S/C97H164O16P2/c1-4-7-10-13-16-19-22-25-27-29-31-33-35-37-39-41-43-45-47-49-51-53-55-57-59-61-63-66-68-71-74-77-80-83-95(100)107-86-92(98)87-109-114(103,104)110-88-93(99)89-111-115(105,106)112-91-94(113-97(102)85-82-79-76-73-70-65-24-21-18-15-12-9-6-3)90-108-96(101)84-81-78-75-72-69-67-64-62-60-58-56-54-52-50-48-46-44-42-40-38-36-34-32-30-28-26-23-20-17-14-11-8-5-2/h7-8,10-12,15-17,19-21,24-28,31-34,37-40,43-46,92-94,98-99H,4-6,9,13-14,18,22-23,29-30,35-36,41-42,47-91H2,1-3H3,(H,103,104)(H,105,106)/b10-7-,11-8-,15-12-,19-16-,20-17-,24-21-,27-25-,28-26-,33-31-,34-32-,39-37-,40-38-,45-43-,46-44-. The first kappa shape index (κ1) is 110. The molecule has 0 saturated carbocycles.